The Hall–Kier alpha value is -16.1. The summed E-state index contributed by atoms with van der Waals surface area (Å²) in [5.74, 6) is 0. The standard InChI is InChI=1S/C22H25N7O.C22H24N6O.C21H23N7O.C20H20N6O.C19H18N6O/c1-13-9-27(10-14(2)23-13)17-5-6-21-25-18(8-22(30)28(21)12-17)19-7-20-16(4)24-15(3)11-29(20)26-19;1-14-11-27(12-15(2)24-14)18-4-5-20-25-19(9-21(29)28(20)13-18)17-8-16-6-7-26(3)22(16)23-10-17;1-14-12-28-19(15(2)23-14)10-18(25-28)17-11-21(29)27-13-16(4-5-20(27)24-17)26-8-3-6-22-7-9-26;1-24-7-4-14-10-15(12-22-20(14)24)17-11-19(27)26-13-16(2-3-18(26)23-17)25-8-5-21-6-9-25;26-18-10-16(14-9-13-3-4-21-19(13)22-11-14)23-17-2-1-15(12-25(17)18)24-7-5-20-6-8-24/h5-8,11-14,23H,9-10H2,1-4H3;4-10,13-15,24H,11-12H2,1-3H3;4-5,10-13,22H,3,6-9H2,1-2H3;2-4,7,10-13,21H,5-6,8-9H2,1H3;1-4,9-12,20H,5-8H2,(H,21,22)/t13-,14+;14-,15+;;;. The van der Waals surface area contributed by atoms with Gasteiger partial charge in [-0.25, -0.2) is 48.9 Å². The summed E-state index contributed by atoms with van der Waals surface area (Å²) in [5, 5.41) is 29.4. The average molecular weight is 1890 g/mol. The van der Waals surface area contributed by atoms with E-state index < -0.39 is 0 Å². The van der Waals surface area contributed by atoms with Gasteiger partial charge in [-0.1, -0.05) is 0 Å². The van der Waals surface area contributed by atoms with E-state index in [4.69, 9.17) is 19.9 Å². The maximum Gasteiger partial charge on any atom is 0.258 e. The van der Waals surface area contributed by atoms with Crippen molar-refractivity contribution in [3.63, 3.8) is 0 Å². The quantitative estimate of drug-likeness (QED) is 0.0741. The molecule has 0 saturated carbocycles. The molecule has 5 fully saturated rings. The van der Waals surface area contributed by atoms with Crippen molar-refractivity contribution < 1.29 is 0 Å². The Morgan fingerprint density at radius 3 is 1.02 bits per heavy atom. The average Bonchev–Trinajstić information content (AvgIpc) is 1.76. The molecule has 25 rings (SSSR count). The van der Waals surface area contributed by atoms with E-state index in [2.05, 4.69) is 130 Å². The van der Waals surface area contributed by atoms with Crippen molar-refractivity contribution in [2.75, 3.05) is 129 Å². The van der Waals surface area contributed by atoms with Gasteiger partial charge in [-0.15, -0.1) is 0 Å². The largest absolute Gasteiger partial charge is 0.369 e. The van der Waals surface area contributed by atoms with Crippen LogP contribution in [0.4, 0.5) is 28.4 Å². The fraction of sp³-hybridized carbons (Fsp3) is 0.298. The Bertz CT molecular complexity index is 8470. The van der Waals surface area contributed by atoms with Gasteiger partial charge in [0.05, 0.1) is 103 Å². The molecule has 25 heterocycles. The molecule has 716 valence electrons. The van der Waals surface area contributed by atoms with E-state index in [9.17, 15) is 24.0 Å². The third-order valence-corrected chi connectivity index (χ3v) is 26.5. The molecule has 20 aromatic heterocycles. The van der Waals surface area contributed by atoms with Crippen LogP contribution in [0.25, 0.3) is 129 Å². The highest BCUT2D eigenvalue weighted by Gasteiger charge is 2.27. The summed E-state index contributed by atoms with van der Waals surface area (Å²) in [6.45, 7) is 31.6. The van der Waals surface area contributed by atoms with Crippen molar-refractivity contribution in [1.82, 2.24) is 132 Å². The predicted molar refractivity (Wildman–Crippen MR) is 553 cm³/mol. The van der Waals surface area contributed by atoms with E-state index in [-0.39, 0.29) is 27.8 Å². The molecule has 0 radical (unpaired) electrons. The van der Waals surface area contributed by atoms with Crippen LogP contribution >= 0.6 is 0 Å². The summed E-state index contributed by atoms with van der Waals surface area (Å²) in [7, 11) is 3.93. The fourth-order valence-electron chi connectivity index (χ4n) is 19.6. The number of nitrogens with zero attached hydrogens (tertiary/aromatic N) is 26. The molecule has 20 aromatic rings. The first-order valence-electron chi connectivity index (χ1n) is 47.9. The number of H-pyrrole nitrogens is 1. The molecule has 37 heteroatoms. The molecule has 0 aromatic carbocycles. The van der Waals surface area contributed by atoms with Crippen LogP contribution in [0.3, 0.4) is 0 Å². The molecule has 5 aliphatic rings. The lowest BCUT2D eigenvalue weighted by Crippen LogP contribution is -2.54. The Balaban J connectivity index is 0.000000105. The zero-order chi connectivity index (χ0) is 97.0. The highest BCUT2D eigenvalue weighted by atomic mass is 16.1. The molecular formula is C104H110N32O5. The number of hydrogen-bond acceptors (Lipinski definition) is 27. The smallest absolute Gasteiger partial charge is 0.258 e. The van der Waals surface area contributed by atoms with Crippen molar-refractivity contribution in [2.45, 2.75) is 86.0 Å². The minimum Gasteiger partial charge on any atom is -0.369 e. The summed E-state index contributed by atoms with van der Waals surface area (Å²) in [6.07, 6.45) is 25.4. The maximum atomic E-state index is 12.9. The zero-order valence-corrected chi connectivity index (χ0v) is 80.3. The van der Waals surface area contributed by atoms with Gasteiger partial charge in [0, 0.05) is 268 Å². The molecule has 6 N–H and O–H groups in total. The lowest BCUT2D eigenvalue weighted by atomic mass is 10.1. The first-order valence-corrected chi connectivity index (χ1v) is 47.9. The number of hydrogen-bond donors (Lipinski definition) is 6. The summed E-state index contributed by atoms with van der Waals surface area (Å²) in [5.41, 5.74) is 22.9. The van der Waals surface area contributed by atoms with Crippen LogP contribution in [0.1, 0.15) is 56.9 Å². The van der Waals surface area contributed by atoms with Gasteiger partial charge >= 0.3 is 0 Å². The Labute approximate surface area is 808 Å². The molecule has 0 unspecified atom stereocenters. The molecule has 4 atom stereocenters. The second-order valence-electron chi connectivity index (χ2n) is 37.2. The van der Waals surface area contributed by atoms with Crippen molar-refractivity contribution in [3.05, 3.63) is 295 Å². The number of pyridine rings is 8. The lowest BCUT2D eigenvalue weighted by molar-refractivity contribution is 0.406. The Kier molecular flexibility index (Phi) is 25.1. The Morgan fingerprint density at radius 2 is 0.645 bits per heavy atom. The number of rotatable bonds is 10. The van der Waals surface area contributed by atoms with Crippen LogP contribution in [0, 0.1) is 27.7 Å². The monoisotopic (exact) mass is 1890 g/mol. The van der Waals surface area contributed by atoms with Gasteiger partial charge in [0.15, 0.2) is 0 Å². The number of piperazine rings is 4. The molecule has 5 aliphatic heterocycles. The van der Waals surface area contributed by atoms with Gasteiger partial charge < -0.3 is 65.2 Å². The molecule has 0 aliphatic carbocycles. The van der Waals surface area contributed by atoms with E-state index in [1.165, 1.54) is 0 Å². The van der Waals surface area contributed by atoms with Crippen LogP contribution in [0.5, 0.6) is 0 Å². The van der Waals surface area contributed by atoms with Gasteiger partial charge in [0.2, 0.25) is 0 Å². The summed E-state index contributed by atoms with van der Waals surface area (Å²) in [6, 6.07) is 45.1. The highest BCUT2D eigenvalue weighted by molar-refractivity contribution is 5.84. The minimum absolute atomic E-state index is 0.0832. The van der Waals surface area contributed by atoms with E-state index in [0.717, 1.165) is 223 Å². The molecule has 141 heavy (non-hydrogen) atoms. The van der Waals surface area contributed by atoms with Crippen LogP contribution in [-0.2, 0) is 14.1 Å². The van der Waals surface area contributed by atoms with Gasteiger partial charge in [-0.05, 0) is 178 Å². The number of nitrogens with one attached hydrogen (secondary N) is 6. The Morgan fingerprint density at radius 1 is 0.319 bits per heavy atom. The van der Waals surface area contributed by atoms with Crippen molar-refractivity contribution in [1.29, 1.82) is 0 Å². The lowest BCUT2D eigenvalue weighted by Gasteiger charge is -2.37. The first-order chi connectivity index (χ1) is 68.4. The van der Waals surface area contributed by atoms with Crippen molar-refractivity contribution >= 4 is 101 Å². The van der Waals surface area contributed by atoms with Crippen molar-refractivity contribution in [3.8, 4) is 56.5 Å². The van der Waals surface area contributed by atoms with E-state index in [1.54, 1.807) is 80.0 Å². The number of anilines is 5. The van der Waals surface area contributed by atoms with Crippen LogP contribution in [0.15, 0.2) is 244 Å². The second-order valence-corrected chi connectivity index (χ2v) is 37.2. The molecule has 37 nitrogen and oxygen atoms in total. The van der Waals surface area contributed by atoms with Gasteiger partial charge in [0.1, 0.15) is 56.6 Å². The van der Waals surface area contributed by atoms with E-state index in [1.807, 2.05) is 216 Å². The van der Waals surface area contributed by atoms with Crippen molar-refractivity contribution in [2.24, 2.45) is 14.1 Å². The molecule has 0 bridgehead atoms. The fourth-order valence-corrected chi connectivity index (χ4v) is 19.6. The summed E-state index contributed by atoms with van der Waals surface area (Å²) >= 11 is 0. The number of fused-ring (bicyclic) bond motifs is 10. The van der Waals surface area contributed by atoms with Gasteiger partial charge in [0.25, 0.3) is 27.8 Å². The highest BCUT2D eigenvalue weighted by Crippen LogP contribution is 2.31. The number of aromatic amines is 1. The van der Waals surface area contributed by atoms with Crippen LogP contribution in [0.2, 0.25) is 0 Å². The van der Waals surface area contributed by atoms with Crippen LogP contribution < -0.4 is 78.9 Å². The third-order valence-electron chi connectivity index (χ3n) is 26.5. The SMILES string of the molecule is C[C@@H]1CN(c2ccc3nc(-c4cnc5c(ccn5C)c4)cc(=O)n3c2)C[C@H](C)N1.Cc1cn2nc(-c3cc(=O)n4cc(N5CCCNCC5)ccc4n3)cc2c(C)n1.Cc1cn2nc(-c3cc(=O)n4cc(N5C[C@@H](C)N[C@@H](C)C5)ccc4n3)cc2c(C)n1.Cn1ccc2cc(-c3cc(=O)n4cc(N5CCNCC5)ccc4n3)cnc21.O=c1cc(-c2cnc3[nH]ccc3c2)nc2ccc(N3CCNCC3)cn12. The molecule has 0 amide bonds. The van der Waals surface area contributed by atoms with Gasteiger partial charge in [-0.2, -0.15) is 10.2 Å². The third kappa shape index (κ3) is 19.3. The first kappa shape index (κ1) is 91.3. The number of aryl methyl sites for hydroxylation is 6. The second kappa shape index (κ2) is 38.7. The predicted octanol–water partition coefficient (Wildman–Crippen LogP) is 9.77. The van der Waals surface area contributed by atoms with Gasteiger partial charge in [-0.3, -0.25) is 55.9 Å². The maximum absolute atomic E-state index is 12.9. The normalized spacial score (nSPS) is 17.0. The van der Waals surface area contributed by atoms with Crippen LogP contribution in [-0.4, -0.2) is 234 Å². The van der Waals surface area contributed by atoms with E-state index in [0.29, 0.717) is 92.3 Å². The zero-order valence-electron chi connectivity index (χ0n) is 80.3. The number of aromatic nitrogens is 22. The van der Waals surface area contributed by atoms with E-state index >= 15 is 0 Å². The summed E-state index contributed by atoms with van der Waals surface area (Å²) in [4.78, 5) is 124. The minimum atomic E-state index is -0.115. The molecule has 5 saturated heterocycles. The summed E-state index contributed by atoms with van der Waals surface area (Å²) < 4.78 is 15.6. The molecule has 0 spiro atoms. The molecular weight excluding hydrogens is 1780 g/mol. The topological polar surface area (TPSA) is 373 Å².